The highest BCUT2D eigenvalue weighted by Gasteiger charge is 2.26. The Morgan fingerprint density at radius 2 is 1.57 bits per heavy atom. The van der Waals surface area contributed by atoms with Crippen LogP contribution in [0.1, 0.15) is 18.1 Å². The van der Waals surface area contributed by atoms with E-state index in [4.69, 9.17) is 5.73 Å². The van der Waals surface area contributed by atoms with Crippen LogP contribution in [0.4, 0.5) is 8.78 Å². The Balaban J connectivity index is 2.14. The molecule has 2 atom stereocenters. The van der Waals surface area contributed by atoms with E-state index in [1.807, 2.05) is 0 Å². The summed E-state index contributed by atoms with van der Waals surface area (Å²) in [5.41, 5.74) is 6.18. The summed E-state index contributed by atoms with van der Waals surface area (Å²) >= 11 is 0. The molecule has 3 amide bonds. The highest BCUT2D eigenvalue weighted by molar-refractivity contribution is 5.91. The van der Waals surface area contributed by atoms with Gasteiger partial charge in [0.05, 0.1) is 0 Å². The highest BCUT2D eigenvalue weighted by atomic mass is 19.1. The van der Waals surface area contributed by atoms with Crippen LogP contribution in [0.3, 0.4) is 0 Å². The number of carbonyl (C=O) groups excluding carboxylic acids is 3. The number of carbonyl (C=O) groups is 3. The van der Waals surface area contributed by atoms with Crippen molar-refractivity contribution in [3.05, 3.63) is 71.3 Å². The van der Waals surface area contributed by atoms with Crippen molar-refractivity contribution in [2.24, 2.45) is 5.73 Å². The zero-order valence-corrected chi connectivity index (χ0v) is 15.2. The number of primary amides is 1. The summed E-state index contributed by atoms with van der Waals surface area (Å²) in [5.74, 6) is -2.89. The van der Waals surface area contributed by atoms with Gasteiger partial charge < -0.3 is 16.4 Å². The number of nitrogens with two attached hydrogens (primary N) is 1. The van der Waals surface area contributed by atoms with E-state index in [1.54, 1.807) is 6.07 Å². The maximum absolute atomic E-state index is 13.8. The number of halogens is 2. The summed E-state index contributed by atoms with van der Waals surface area (Å²) in [6, 6.07) is 9.12. The van der Waals surface area contributed by atoms with E-state index in [9.17, 15) is 23.2 Å². The molecule has 6 nitrogen and oxygen atoms in total. The van der Waals surface area contributed by atoms with Gasteiger partial charge in [-0.25, -0.2) is 8.78 Å². The van der Waals surface area contributed by atoms with Gasteiger partial charge in [-0.2, -0.15) is 0 Å². The molecule has 8 heteroatoms. The van der Waals surface area contributed by atoms with Crippen molar-refractivity contribution in [2.45, 2.75) is 31.8 Å². The van der Waals surface area contributed by atoms with Crippen molar-refractivity contribution in [1.29, 1.82) is 0 Å². The zero-order chi connectivity index (χ0) is 20.7. The maximum Gasteiger partial charge on any atom is 0.243 e. The minimum Gasteiger partial charge on any atom is -0.368 e. The van der Waals surface area contributed by atoms with Gasteiger partial charge in [-0.15, -0.1) is 0 Å². The molecule has 2 aromatic carbocycles. The average molecular weight is 389 g/mol. The normalized spacial score (nSPS) is 12.7. The molecule has 0 aliphatic rings. The first-order valence-corrected chi connectivity index (χ1v) is 8.61. The maximum atomic E-state index is 13.8. The highest BCUT2D eigenvalue weighted by Crippen LogP contribution is 2.10. The molecule has 2 aromatic rings. The molecular weight excluding hydrogens is 368 g/mol. The molecule has 0 saturated heterocycles. The second kappa shape index (κ2) is 9.59. The van der Waals surface area contributed by atoms with Crippen molar-refractivity contribution in [1.82, 2.24) is 10.6 Å². The first-order valence-electron chi connectivity index (χ1n) is 8.61. The first kappa shape index (κ1) is 21.0. The minimum atomic E-state index is -1.16. The molecule has 0 bridgehead atoms. The summed E-state index contributed by atoms with van der Waals surface area (Å²) < 4.78 is 26.9. The molecule has 0 spiro atoms. The van der Waals surface area contributed by atoms with E-state index in [2.05, 4.69) is 10.6 Å². The molecule has 0 heterocycles. The molecular formula is C20H21F2N3O3. The molecule has 0 saturated carbocycles. The summed E-state index contributed by atoms with van der Waals surface area (Å²) in [5, 5.41) is 4.95. The van der Waals surface area contributed by atoms with E-state index < -0.39 is 41.4 Å². The van der Waals surface area contributed by atoms with Gasteiger partial charge >= 0.3 is 0 Å². The van der Waals surface area contributed by atoms with Gasteiger partial charge in [-0.1, -0.05) is 30.3 Å². The molecule has 2 rings (SSSR count). The van der Waals surface area contributed by atoms with Gasteiger partial charge in [0.15, 0.2) is 0 Å². The molecule has 0 aliphatic heterocycles. The van der Waals surface area contributed by atoms with E-state index >= 15 is 0 Å². The second-order valence-corrected chi connectivity index (χ2v) is 6.34. The van der Waals surface area contributed by atoms with Crippen molar-refractivity contribution in [3.8, 4) is 0 Å². The fourth-order valence-corrected chi connectivity index (χ4v) is 2.69. The van der Waals surface area contributed by atoms with Gasteiger partial charge in [0.25, 0.3) is 0 Å². The van der Waals surface area contributed by atoms with Crippen LogP contribution in [0.15, 0.2) is 48.5 Å². The van der Waals surface area contributed by atoms with Gasteiger partial charge in [-0.3, -0.25) is 14.4 Å². The van der Waals surface area contributed by atoms with E-state index in [0.29, 0.717) is 5.56 Å². The van der Waals surface area contributed by atoms with Crippen molar-refractivity contribution >= 4 is 17.7 Å². The standard InChI is InChI=1S/C20H21F2N3O3/c1-12(26)24-18(10-13-6-8-15(21)9-7-13)20(28)25-17(19(23)27)11-14-4-2-3-5-16(14)22/h2-9,17-18H,10-11H2,1H3,(H2,23,27)(H,24,26)(H,25,28)/t17-,18+/m1/s1. The van der Waals surface area contributed by atoms with Crippen LogP contribution >= 0.6 is 0 Å². The van der Waals surface area contributed by atoms with Gasteiger partial charge in [0.2, 0.25) is 17.7 Å². The monoisotopic (exact) mass is 389 g/mol. The van der Waals surface area contributed by atoms with Crippen LogP contribution in [0.2, 0.25) is 0 Å². The summed E-state index contributed by atoms with van der Waals surface area (Å²) in [4.78, 5) is 35.9. The quantitative estimate of drug-likeness (QED) is 0.633. The molecule has 0 aromatic heterocycles. The number of rotatable bonds is 8. The van der Waals surface area contributed by atoms with Crippen molar-refractivity contribution in [3.63, 3.8) is 0 Å². The third-order valence-electron chi connectivity index (χ3n) is 4.09. The lowest BCUT2D eigenvalue weighted by Gasteiger charge is -2.22. The van der Waals surface area contributed by atoms with Crippen molar-refractivity contribution < 1.29 is 23.2 Å². The average Bonchev–Trinajstić information content (AvgIpc) is 2.63. The number of hydrogen-bond acceptors (Lipinski definition) is 3. The fourth-order valence-electron chi connectivity index (χ4n) is 2.69. The number of benzene rings is 2. The first-order chi connectivity index (χ1) is 13.3. The predicted molar refractivity (Wildman–Crippen MR) is 98.9 cm³/mol. The Morgan fingerprint density at radius 1 is 0.929 bits per heavy atom. The SMILES string of the molecule is CC(=O)N[C@@H](Cc1ccc(F)cc1)C(=O)N[C@H](Cc1ccccc1F)C(N)=O. The fraction of sp³-hybridized carbons (Fsp3) is 0.250. The Kier molecular flexibility index (Phi) is 7.20. The van der Waals surface area contributed by atoms with Crippen molar-refractivity contribution in [2.75, 3.05) is 0 Å². The summed E-state index contributed by atoms with van der Waals surface area (Å²) in [7, 11) is 0. The Bertz CT molecular complexity index is 856. The lowest BCUT2D eigenvalue weighted by atomic mass is 10.0. The van der Waals surface area contributed by atoms with Crippen LogP contribution in [-0.2, 0) is 27.2 Å². The minimum absolute atomic E-state index is 0.0802. The van der Waals surface area contributed by atoms with Crippen LogP contribution in [-0.4, -0.2) is 29.8 Å². The molecule has 148 valence electrons. The van der Waals surface area contributed by atoms with Gasteiger partial charge in [0, 0.05) is 19.8 Å². The lowest BCUT2D eigenvalue weighted by Crippen LogP contribution is -2.54. The Morgan fingerprint density at radius 3 is 2.14 bits per heavy atom. The Hall–Kier alpha value is -3.29. The van der Waals surface area contributed by atoms with Crippen LogP contribution in [0.5, 0.6) is 0 Å². The van der Waals surface area contributed by atoms with Gasteiger partial charge in [0.1, 0.15) is 23.7 Å². The number of amides is 3. The number of hydrogen-bond donors (Lipinski definition) is 3. The van der Waals surface area contributed by atoms with Gasteiger partial charge in [-0.05, 0) is 29.3 Å². The molecule has 0 unspecified atom stereocenters. The third kappa shape index (κ3) is 6.15. The van der Waals surface area contributed by atoms with E-state index in [0.717, 1.165) is 0 Å². The van der Waals surface area contributed by atoms with E-state index in [1.165, 1.54) is 49.4 Å². The predicted octanol–water partition coefficient (Wildman–Crippen LogP) is 1.22. The topological polar surface area (TPSA) is 101 Å². The smallest absolute Gasteiger partial charge is 0.243 e. The molecule has 28 heavy (non-hydrogen) atoms. The molecule has 0 radical (unpaired) electrons. The van der Waals surface area contributed by atoms with Crippen LogP contribution < -0.4 is 16.4 Å². The summed E-state index contributed by atoms with van der Waals surface area (Å²) in [6.45, 7) is 1.25. The lowest BCUT2D eigenvalue weighted by molar-refractivity contribution is -0.130. The zero-order valence-electron chi connectivity index (χ0n) is 15.2. The molecule has 0 aliphatic carbocycles. The number of nitrogens with one attached hydrogen (secondary N) is 2. The van der Waals surface area contributed by atoms with Crippen LogP contribution in [0.25, 0.3) is 0 Å². The Labute approximate surface area is 161 Å². The summed E-state index contributed by atoms with van der Waals surface area (Å²) in [6.07, 6.45) is -0.0477. The molecule has 4 N–H and O–H groups in total. The molecule has 0 fully saturated rings. The van der Waals surface area contributed by atoms with E-state index in [-0.39, 0.29) is 18.4 Å². The largest absolute Gasteiger partial charge is 0.368 e. The van der Waals surface area contributed by atoms with Crippen LogP contribution in [0, 0.1) is 11.6 Å². The third-order valence-corrected chi connectivity index (χ3v) is 4.09. The second-order valence-electron chi connectivity index (χ2n) is 6.34.